The van der Waals surface area contributed by atoms with Crippen LogP contribution in [0.25, 0.3) is 0 Å². The molecule has 140 valence electrons. The molecule has 0 bridgehead atoms. The van der Waals surface area contributed by atoms with Gasteiger partial charge in [0.1, 0.15) is 0 Å². The Hall–Kier alpha value is -2.28. The van der Waals surface area contributed by atoms with Gasteiger partial charge in [0.25, 0.3) is 0 Å². The van der Waals surface area contributed by atoms with E-state index in [0.717, 1.165) is 0 Å². The number of carbonyl (C=O) groups excluding carboxylic acids is 3. The van der Waals surface area contributed by atoms with Gasteiger partial charge in [-0.15, -0.1) is 0 Å². The lowest BCUT2D eigenvalue weighted by Gasteiger charge is -2.35. The highest BCUT2D eigenvalue weighted by atomic mass is 35.5. The first-order chi connectivity index (χ1) is 12.5. The highest BCUT2D eigenvalue weighted by molar-refractivity contribution is 6.33. The zero-order valence-electron chi connectivity index (χ0n) is 14.7. The number of hydrogen-bond donors (Lipinski definition) is 0. The summed E-state index contributed by atoms with van der Waals surface area (Å²) in [6, 6.07) is 7.13. The number of amides is 3. The van der Waals surface area contributed by atoms with E-state index in [1.807, 2.05) is 6.07 Å². The van der Waals surface area contributed by atoms with Crippen LogP contribution >= 0.6 is 11.6 Å². The van der Waals surface area contributed by atoms with Crippen LogP contribution in [0.4, 0.5) is 10.5 Å². The summed E-state index contributed by atoms with van der Waals surface area (Å²) in [6.07, 6.45) is -0.164. The molecule has 3 amide bonds. The van der Waals surface area contributed by atoms with Gasteiger partial charge in [-0.2, -0.15) is 0 Å². The van der Waals surface area contributed by atoms with E-state index >= 15 is 0 Å². The molecule has 2 saturated heterocycles. The summed E-state index contributed by atoms with van der Waals surface area (Å²) in [5, 5.41) is 0.497. The molecule has 0 unspecified atom stereocenters. The summed E-state index contributed by atoms with van der Waals surface area (Å²) in [6.45, 7) is 4.22. The third-order valence-corrected chi connectivity index (χ3v) is 5.05. The molecule has 0 radical (unpaired) electrons. The summed E-state index contributed by atoms with van der Waals surface area (Å²) in [5.41, 5.74) is 0.640. The van der Waals surface area contributed by atoms with Crippen LogP contribution in [0.3, 0.4) is 0 Å². The molecule has 3 rings (SSSR count). The van der Waals surface area contributed by atoms with Gasteiger partial charge < -0.3 is 19.4 Å². The lowest BCUT2D eigenvalue weighted by molar-refractivity contribution is -0.137. The van der Waals surface area contributed by atoms with Gasteiger partial charge in [0.2, 0.25) is 11.8 Å². The maximum absolute atomic E-state index is 12.8. The molecule has 2 aliphatic rings. The van der Waals surface area contributed by atoms with Crippen molar-refractivity contribution in [2.45, 2.75) is 13.3 Å². The van der Waals surface area contributed by atoms with Gasteiger partial charge in [-0.3, -0.25) is 9.59 Å². The zero-order chi connectivity index (χ0) is 18.7. The Morgan fingerprint density at radius 1 is 1.15 bits per heavy atom. The molecule has 8 heteroatoms. The van der Waals surface area contributed by atoms with Gasteiger partial charge in [-0.1, -0.05) is 23.7 Å². The van der Waals surface area contributed by atoms with Crippen LogP contribution in [0.15, 0.2) is 24.3 Å². The van der Waals surface area contributed by atoms with Crippen LogP contribution in [0.5, 0.6) is 0 Å². The van der Waals surface area contributed by atoms with Crippen LogP contribution < -0.4 is 4.90 Å². The van der Waals surface area contributed by atoms with Gasteiger partial charge in [0.15, 0.2) is 0 Å². The Labute approximate surface area is 157 Å². The number of carbonyl (C=O) groups is 3. The van der Waals surface area contributed by atoms with Gasteiger partial charge >= 0.3 is 6.09 Å². The van der Waals surface area contributed by atoms with Crippen molar-refractivity contribution in [3.63, 3.8) is 0 Å². The molecule has 26 heavy (non-hydrogen) atoms. The van der Waals surface area contributed by atoms with Gasteiger partial charge in [0, 0.05) is 39.1 Å². The average Bonchev–Trinajstić information content (AvgIpc) is 3.03. The van der Waals surface area contributed by atoms with Crippen LogP contribution in [-0.4, -0.2) is 67.0 Å². The maximum atomic E-state index is 12.8. The first kappa shape index (κ1) is 18.5. The van der Waals surface area contributed by atoms with E-state index in [9.17, 15) is 14.4 Å². The predicted octanol–water partition coefficient (Wildman–Crippen LogP) is 1.99. The quantitative estimate of drug-likeness (QED) is 0.805. The Morgan fingerprint density at radius 2 is 1.81 bits per heavy atom. The molecule has 0 spiro atoms. The van der Waals surface area contributed by atoms with E-state index in [2.05, 4.69) is 0 Å². The lowest BCUT2D eigenvalue weighted by Crippen LogP contribution is -2.52. The van der Waals surface area contributed by atoms with Crippen molar-refractivity contribution >= 4 is 35.2 Å². The number of hydrogen-bond acceptors (Lipinski definition) is 4. The topological polar surface area (TPSA) is 70.2 Å². The van der Waals surface area contributed by atoms with Gasteiger partial charge in [-0.25, -0.2) is 4.79 Å². The van der Waals surface area contributed by atoms with Crippen molar-refractivity contribution in [2.75, 3.05) is 44.2 Å². The average molecular weight is 380 g/mol. The largest absolute Gasteiger partial charge is 0.450 e. The van der Waals surface area contributed by atoms with Crippen molar-refractivity contribution in [2.24, 2.45) is 5.92 Å². The minimum absolute atomic E-state index is 0.0450. The Morgan fingerprint density at radius 3 is 2.46 bits per heavy atom. The maximum Gasteiger partial charge on any atom is 0.409 e. The normalized spacial score (nSPS) is 20.5. The van der Waals surface area contributed by atoms with E-state index in [1.54, 1.807) is 39.8 Å². The second kappa shape index (κ2) is 7.95. The smallest absolute Gasteiger partial charge is 0.409 e. The summed E-state index contributed by atoms with van der Waals surface area (Å²) < 4.78 is 4.98. The number of benzene rings is 1. The predicted molar refractivity (Wildman–Crippen MR) is 97.1 cm³/mol. The lowest BCUT2D eigenvalue weighted by atomic mass is 10.1. The first-order valence-corrected chi connectivity index (χ1v) is 9.14. The standard InChI is InChI=1S/C18H22ClN3O4/c1-2-26-18(25)21-9-7-20(8-10-21)17(24)13-11-16(23)22(12-13)15-6-4-3-5-14(15)19/h3-6,13H,2,7-12H2,1H3/t13-/m1/s1. The van der Waals surface area contributed by atoms with E-state index < -0.39 is 0 Å². The molecule has 0 aromatic heterocycles. The molecular weight excluding hydrogens is 358 g/mol. The number of halogens is 1. The van der Waals surface area contributed by atoms with Crippen LogP contribution in [0, 0.1) is 5.92 Å². The van der Waals surface area contributed by atoms with Gasteiger partial charge in [0.05, 0.1) is 23.2 Å². The molecule has 1 atom stereocenters. The molecule has 0 N–H and O–H groups in total. The third kappa shape index (κ3) is 3.77. The molecule has 7 nitrogen and oxygen atoms in total. The summed E-state index contributed by atoms with van der Waals surface area (Å²) in [4.78, 5) is 41.8. The monoisotopic (exact) mass is 379 g/mol. The zero-order valence-corrected chi connectivity index (χ0v) is 15.4. The van der Waals surface area contributed by atoms with Crippen molar-refractivity contribution in [1.82, 2.24) is 9.80 Å². The van der Waals surface area contributed by atoms with Crippen molar-refractivity contribution in [3.05, 3.63) is 29.3 Å². The molecule has 2 fully saturated rings. The van der Waals surface area contributed by atoms with E-state index in [4.69, 9.17) is 16.3 Å². The fourth-order valence-electron chi connectivity index (χ4n) is 3.36. The number of ether oxygens (including phenoxy) is 1. The van der Waals surface area contributed by atoms with E-state index in [-0.39, 0.29) is 30.2 Å². The molecule has 0 saturated carbocycles. The number of para-hydroxylation sites is 1. The molecule has 2 heterocycles. The number of rotatable bonds is 3. The SMILES string of the molecule is CCOC(=O)N1CCN(C(=O)[C@@H]2CC(=O)N(c3ccccc3Cl)C2)CC1. The van der Waals surface area contributed by atoms with Crippen molar-refractivity contribution in [1.29, 1.82) is 0 Å². The molecular formula is C18H22ClN3O4. The number of anilines is 1. The van der Waals surface area contributed by atoms with E-state index in [1.165, 1.54) is 0 Å². The minimum Gasteiger partial charge on any atom is -0.450 e. The summed E-state index contributed by atoms with van der Waals surface area (Å²) in [7, 11) is 0. The first-order valence-electron chi connectivity index (χ1n) is 8.76. The van der Waals surface area contributed by atoms with Crippen LogP contribution in [-0.2, 0) is 14.3 Å². The molecule has 0 aliphatic carbocycles. The Kier molecular flexibility index (Phi) is 5.66. The Balaban J connectivity index is 1.59. The second-order valence-corrected chi connectivity index (χ2v) is 6.78. The fourth-order valence-corrected chi connectivity index (χ4v) is 3.60. The number of piperazine rings is 1. The van der Waals surface area contributed by atoms with Crippen LogP contribution in [0.2, 0.25) is 5.02 Å². The highest BCUT2D eigenvalue weighted by Gasteiger charge is 2.38. The van der Waals surface area contributed by atoms with Gasteiger partial charge in [-0.05, 0) is 19.1 Å². The highest BCUT2D eigenvalue weighted by Crippen LogP contribution is 2.31. The fraction of sp³-hybridized carbons (Fsp3) is 0.500. The third-order valence-electron chi connectivity index (χ3n) is 4.73. The molecule has 1 aromatic carbocycles. The molecule has 2 aliphatic heterocycles. The summed E-state index contributed by atoms with van der Waals surface area (Å²) >= 11 is 6.18. The van der Waals surface area contributed by atoms with Crippen LogP contribution in [0.1, 0.15) is 13.3 Å². The Bertz CT molecular complexity index is 703. The van der Waals surface area contributed by atoms with Crippen molar-refractivity contribution < 1.29 is 19.1 Å². The number of nitrogens with zero attached hydrogens (tertiary/aromatic N) is 3. The summed E-state index contributed by atoms with van der Waals surface area (Å²) in [5.74, 6) is -0.522. The van der Waals surface area contributed by atoms with Crippen molar-refractivity contribution in [3.8, 4) is 0 Å². The second-order valence-electron chi connectivity index (χ2n) is 6.37. The van der Waals surface area contributed by atoms with E-state index in [0.29, 0.717) is 50.0 Å². The molecule has 1 aromatic rings. The minimum atomic E-state index is -0.382.